The van der Waals surface area contributed by atoms with E-state index in [2.05, 4.69) is 16.4 Å². The Bertz CT molecular complexity index is 998. The van der Waals surface area contributed by atoms with Gasteiger partial charge in [-0.25, -0.2) is 0 Å². The van der Waals surface area contributed by atoms with Crippen LogP contribution in [0.4, 0.5) is 0 Å². The monoisotopic (exact) mass is 362 g/mol. The topological polar surface area (TPSA) is 60.5 Å². The van der Waals surface area contributed by atoms with Crippen molar-refractivity contribution < 1.29 is 14.3 Å². The summed E-state index contributed by atoms with van der Waals surface area (Å²) in [6.07, 6.45) is 1.78. The van der Waals surface area contributed by atoms with E-state index in [4.69, 9.17) is 9.47 Å². The second-order valence-corrected chi connectivity index (χ2v) is 7.20. The minimum atomic E-state index is -0.686. The lowest BCUT2D eigenvalue weighted by atomic mass is 9.83. The molecule has 4 rings (SSSR count). The van der Waals surface area contributed by atoms with Gasteiger partial charge < -0.3 is 14.8 Å². The number of carbonyl (C=O) groups excluding carboxylic acids is 1. The van der Waals surface area contributed by atoms with E-state index in [1.54, 1.807) is 6.20 Å². The highest BCUT2D eigenvalue weighted by atomic mass is 16.6. The number of nitrogens with one attached hydrogen (secondary N) is 1. The first kappa shape index (κ1) is 17.3. The van der Waals surface area contributed by atoms with Crippen LogP contribution in [0.15, 0.2) is 54.7 Å². The molecule has 0 bridgehead atoms. The Kier molecular flexibility index (Phi) is 4.44. The Morgan fingerprint density at radius 3 is 2.74 bits per heavy atom. The fourth-order valence-electron chi connectivity index (χ4n) is 3.20. The summed E-state index contributed by atoms with van der Waals surface area (Å²) in [5.41, 5.74) is 2.20. The van der Waals surface area contributed by atoms with Crippen molar-refractivity contribution in [3.63, 3.8) is 0 Å². The number of amides is 1. The van der Waals surface area contributed by atoms with E-state index in [1.165, 1.54) is 0 Å². The minimum absolute atomic E-state index is 0.0366. The molecule has 0 aliphatic carbocycles. The average Bonchev–Trinajstić information content (AvgIpc) is 2.71. The van der Waals surface area contributed by atoms with Crippen LogP contribution in [0.1, 0.15) is 25.0 Å². The maximum atomic E-state index is 12.9. The van der Waals surface area contributed by atoms with Crippen molar-refractivity contribution in [2.75, 3.05) is 13.2 Å². The molecule has 1 aliphatic heterocycles. The van der Waals surface area contributed by atoms with Crippen LogP contribution in [0.3, 0.4) is 0 Å². The zero-order valence-corrected chi connectivity index (χ0v) is 15.5. The standard InChI is InChI=1S/C22H22N2O3/c1-22(2,17-6-8-19-20(13-17)27-11-10-26-19)21(25)24-14-15-5-7-18-16(12-15)4-3-9-23-18/h3-9,12-13H,10-11,14H2,1-2H3,(H,24,25). The summed E-state index contributed by atoms with van der Waals surface area (Å²) in [6.45, 7) is 5.38. The van der Waals surface area contributed by atoms with E-state index in [0.29, 0.717) is 25.5 Å². The third kappa shape index (κ3) is 3.45. The lowest BCUT2D eigenvalue weighted by molar-refractivity contribution is -0.125. The van der Waals surface area contributed by atoms with Crippen molar-refractivity contribution in [3.05, 3.63) is 65.9 Å². The molecule has 2 aromatic carbocycles. The predicted octanol–water partition coefficient (Wildman–Crippen LogP) is 3.60. The van der Waals surface area contributed by atoms with Crippen LogP contribution in [0.25, 0.3) is 10.9 Å². The summed E-state index contributed by atoms with van der Waals surface area (Å²) in [7, 11) is 0. The van der Waals surface area contributed by atoms with Crippen LogP contribution in [0, 0.1) is 0 Å². The summed E-state index contributed by atoms with van der Waals surface area (Å²) in [5.74, 6) is 1.39. The van der Waals surface area contributed by atoms with E-state index in [0.717, 1.165) is 27.8 Å². The molecule has 27 heavy (non-hydrogen) atoms. The quantitative estimate of drug-likeness (QED) is 0.770. The van der Waals surface area contributed by atoms with Crippen LogP contribution >= 0.6 is 0 Å². The Morgan fingerprint density at radius 1 is 1.07 bits per heavy atom. The molecule has 0 spiro atoms. The molecule has 1 amide bonds. The van der Waals surface area contributed by atoms with Crippen molar-refractivity contribution in [3.8, 4) is 11.5 Å². The van der Waals surface area contributed by atoms with E-state index >= 15 is 0 Å². The van der Waals surface area contributed by atoms with Crippen molar-refractivity contribution >= 4 is 16.8 Å². The average molecular weight is 362 g/mol. The third-order valence-electron chi connectivity index (χ3n) is 4.95. The van der Waals surface area contributed by atoms with Gasteiger partial charge in [-0.15, -0.1) is 0 Å². The van der Waals surface area contributed by atoms with Gasteiger partial charge in [-0.3, -0.25) is 9.78 Å². The highest BCUT2D eigenvalue weighted by Gasteiger charge is 2.31. The first-order valence-corrected chi connectivity index (χ1v) is 9.06. The Labute approximate surface area is 158 Å². The smallest absolute Gasteiger partial charge is 0.230 e. The number of aromatic nitrogens is 1. The van der Waals surface area contributed by atoms with Crippen LogP contribution in [-0.2, 0) is 16.8 Å². The number of fused-ring (bicyclic) bond motifs is 2. The van der Waals surface area contributed by atoms with Crippen molar-refractivity contribution in [1.29, 1.82) is 0 Å². The maximum absolute atomic E-state index is 12.9. The van der Waals surface area contributed by atoms with Gasteiger partial charge in [0.2, 0.25) is 5.91 Å². The van der Waals surface area contributed by atoms with Gasteiger partial charge in [-0.2, -0.15) is 0 Å². The molecule has 3 aromatic rings. The fourth-order valence-corrected chi connectivity index (χ4v) is 3.20. The zero-order chi connectivity index (χ0) is 18.9. The molecule has 5 heteroatoms. The molecule has 2 heterocycles. The lowest BCUT2D eigenvalue weighted by Crippen LogP contribution is -2.39. The number of ether oxygens (including phenoxy) is 2. The summed E-state index contributed by atoms with van der Waals surface area (Å²) >= 11 is 0. The molecule has 138 valence electrons. The normalized spacial score (nSPS) is 13.4. The van der Waals surface area contributed by atoms with E-state index in [-0.39, 0.29) is 5.91 Å². The molecule has 0 atom stereocenters. The molecule has 1 N–H and O–H groups in total. The minimum Gasteiger partial charge on any atom is -0.486 e. The van der Waals surface area contributed by atoms with Crippen LogP contribution in [0.5, 0.6) is 11.5 Å². The number of carbonyl (C=O) groups is 1. The Hall–Kier alpha value is -3.08. The van der Waals surface area contributed by atoms with E-state index < -0.39 is 5.41 Å². The number of rotatable bonds is 4. The van der Waals surface area contributed by atoms with Crippen LogP contribution in [-0.4, -0.2) is 24.1 Å². The van der Waals surface area contributed by atoms with Gasteiger partial charge in [-0.1, -0.05) is 18.2 Å². The van der Waals surface area contributed by atoms with Crippen LogP contribution < -0.4 is 14.8 Å². The molecular formula is C22H22N2O3. The number of hydrogen-bond acceptors (Lipinski definition) is 4. The molecule has 1 aromatic heterocycles. The van der Waals surface area contributed by atoms with Crippen LogP contribution in [0.2, 0.25) is 0 Å². The van der Waals surface area contributed by atoms with E-state index in [9.17, 15) is 4.79 Å². The van der Waals surface area contributed by atoms with Gasteiger partial charge in [0.15, 0.2) is 11.5 Å². The maximum Gasteiger partial charge on any atom is 0.230 e. The largest absolute Gasteiger partial charge is 0.486 e. The molecule has 0 saturated carbocycles. The lowest BCUT2D eigenvalue weighted by Gasteiger charge is -2.26. The molecular weight excluding hydrogens is 340 g/mol. The SMILES string of the molecule is CC(C)(C(=O)NCc1ccc2ncccc2c1)c1ccc2c(c1)OCCO2. The summed E-state index contributed by atoms with van der Waals surface area (Å²) in [5, 5.41) is 4.12. The van der Waals surface area contributed by atoms with Crippen molar-refractivity contribution in [2.45, 2.75) is 25.8 Å². The van der Waals surface area contributed by atoms with E-state index in [1.807, 2.05) is 56.3 Å². The Balaban J connectivity index is 1.49. The molecule has 0 unspecified atom stereocenters. The summed E-state index contributed by atoms with van der Waals surface area (Å²) < 4.78 is 11.2. The van der Waals surface area contributed by atoms with Gasteiger partial charge in [0, 0.05) is 18.1 Å². The van der Waals surface area contributed by atoms with Gasteiger partial charge in [0.1, 0.15) is 13.2 Å². The first-order chi connectivity index (χ1) is 13.0. The molecule has 0 radical (unpaired) electrons. The zero-order valence-electron chi connectivity index (χ0n) is 15.5. The molecule has 0 fully saturated rings. The number of pyridine rings is 1. The first-order valence-electron chi connectivity index (χ1n) is 9.06. The summed E-state index contributed by atoms with van der Waals surface area (Å²) in [4.78, 5) is 17.2. The fraction of sp³-hybridized carbons (Fsp3) is 0.273. The predicted molar refractivity (Wildman–Crippen MR) is 104 cm³/mol. The molecule has 5 nitrogen and oxygen atoms in total. The third-order valence-corrected chi connectivity index (χ3v) is 4.95. The Morgan fingerprint density at radius 2 is 1.89 bits per heavy atom. The summed E-state index contributed by atoms with van der Waals surface area (Å²) in [6, 6.07) is 15.7. The second kappa shape index (κ2) is 6.91. The number of nitrogens with zero attached hydrogens (tertiary/aromatic N) is 1. The molecule has 0 saturated heterocycles. The van der Waals surface area contributed by atoms with Crippen molar-refractivity contribution in [2.24, 2.45) is 0 Å². The van der Waals surface area contributed by atoms with Gasteiger partial charge in [0.25, 0.3) is 0 Å². The van der Waals surface area contributed by atoms with Gasteiger partial charge >= 0.3 is 0 Å². The number of hydrogen-bond donors (Lipinski definition) is 1. The number of benzene rings is 2. The highest BCUT2D eigenvalue weighted by Crippen LogP contribution is 2.35. The molecule has 1 aliphatic rings. The van der Waals surface area contributed by atoms with Gasteiger partial charge in [-0.05, 0) is 55.3 Å². The highest BCUT2D eigenvalue weighted by molar-refractivity contribution is 5.87. The van der Waals surface area contributed by atoms with Crippen molar-refractivity contribution in [1.82, 2.24) is 10.3 Å². The van der Waals surface area contributed by atoms with Gasteiger partial charge in [0.05, 0.1) is 10.9 Å². The second-order valence-electron chi connectivity index (χ2n) is 7.20.